The third-order valence-electron chi connectivity index (χ3n) is 5.85. The Hall–Kier alpha value is -0.0800. The first-order valence-corrected chi connectivity index (χ1v) is 7.31. The lowest BCUT2D eigenvalue weighted by atomic mass is 9.70. The standard InChI is InChI=1S/C15H27NO.ClH/c1-5-6-9-16-10-11-12-7-8-15(4,13(11)17)14(12,2)3;/h11-12,16H,5-10H2,1-4H3;1H. The van der Waals surface area contributed by atoms with Gasteiger partial charge in [0.05, 0.1) is 19.0 Å². The fraction of sp³-hybridized carbons (Fsp3) is 0.933. The van der Waals surface area contributed by atoms with E-state index in [2.05, 4.69) is 33.0 Å². The number of unbranched alkanes of at least 4 members (excludes halogenated alkanes) is 1. The Balaban J connectivity index is 0.00000162. The third kappa shape index (κ3) is 2.12. The van der Waals surface area contributed by atoms with E-state index in [1.165, 1.54) is 25.8 Å². The summed E-state index contributed by atoms with van der Waals surface area (Å²) in [6.07, 6.45) is 4.91. The molecule has 0 radical (unpaired) electrons. The lowest BCUT2D eigenvalue weighted by molar-refractivity contribution is -0.659. The number of quaternary nitrogens is 1. The maximum absolute atomic E-state index is 12.5. The van der Waals surface area contributed by atoms with Crippen molar-refractivity contribution in [3.63, 3.8) is 0 Å². The molecule has 2 aliphatic rings. The van der Waals surface area contributed by atoms with Gasteiger partial charge >= 0.3 is 0 Å². The van der Waals surface area contributed by atoms with Crippen molar-refractivity contribution < 1.29 is 22.5 Å². The lowest BCUT2D eigenvalue weighted by Crippen LogP contribution is -3.00. The van der Waals surface area contributed by atoms with Gasteiger partial charge in [0.25, 0.3) is 0 Å². The zero-order valence-electron chi connectivity index (χ0n) is 12.3. The maximum atomic E-state index is 12.5. The fourth-order valence-electron chi connectivity index (χ4n) is 4.19. The molecule has 2 fully saturated rings. The second-order valence-corrected chi connectivity index (χ2v) is 6.84. The van der Waals surface area contributed by atoms with Crippen molar-refractivity contribution in [1.82, 2.24) is 0 Å². The van der Waals surface area contributed by atoms with Crippen LogP contribution in [0.4, 0.5) is 0 Å². The molecule has 2 bridgehead atoms. The molecule has 106 valence electrons. The van der Waals surface area contributed by atoms with Crippen molar-refractivity contribution in [2.45, 2.75) is 53.4 Å². The minimum Gasteiger partial charge on any atom is -1.00 e. The molecule has 0 aromatic heterocycles. The van der Waals surface area contributed by atoms with Gasteiger partial charge in [-0.15, -0.1) is 0 Å². The van der Waals surface area contributed by atoms with Crippen LogP contribution < -0.4 is 17.7 Å². The molecule has 2 aliphatic carbocycles. The minimum atomic E-state index is -0.0269. The second kappa shape index (κ2) is 5.50. The molecule has 0 amide bonds. The average molecular weight is 274 g/mol. The second-order valence-electron chi connectivity index (χ2n) is 6.84. The molecule has 0 aromatic carbocycles. The first-order chi connectivity index (χ1) is 7.95. The summed E-state index contributed by atoms with van der Waals surface area (Å²) in [5.41, 5.74) is 0.203. The van der Waals surface area contributed by atoms with Crippen LogP contribution >= 0.6 is 0 Å². The Kier molecular flexibility index (Phi) is 4.88. The lowest BCUT2D eigenvalue weighted by Gasteiger charge is -2.32. The summed E-state index contributed by atoms with van der Waals surface area (Å²) in [7, 11) is 0. The number of hydrogen-bond acceptors (Lipinski definition) is 1. The molecule has 2 nitrogen and oxygen atoms in total. The van der Waals surface area contributed by atoms with Crippen molar-refractivity contribution in [1.29, 1.82) is 0 Å². The highest BCUT2D eigenvalue weighted by Crippen LogP contribution is 2.65. The average Bonchev–Trinajstić information content (AvgIpc) is 2.58. The van der Waals surface area contributed by atoms with Crippen LogP contribution in [0.5, 0.6) is 0 Å². The van der Waals surface area contributed by atoms with Crippen molar-refractivity contribution in [3.05, 3.63) is 0 Å². The number of nitrogens with two attached hydrogens (primary N) is 1. The summed E-state index contributed by atoms with van der Waals surface area (Å²) >= 11 is 0. The number of Topliss-reactive ketones (excluding diaryl/α,β-unsaturated/α-hetero) is 1. The summed E-state index contributed by atoms with van der Waals surface area (Å²) in [5.74, 6) is 1.53. The largest absolute Gasteiger partial charge is 1.00 e. The topological polar surface area (TPSA) is 33.7 Å². The zero-order chi connectivity index (χ0) is 12.7. The molecule has 18 heavy (non-hydrogen) atoms. The van der Waals surface area contributed by atoms with Crippen LogP contribution in [0.25, 0.3) is 0 Å². The number of carbonyl (C=O) groups excluding carboxylic acids is 1. The number of fused-ring (bicyclic) bond motifs is 2. The van der Waals surface area contributed by atoms with Crippen LogP contribution in [-0.2, 0) is 4.79 Å². The normalized spacial score (nSPS) is 36.8. The quantitative estimate of drug-likeness (QED) is 0.641. The van der Waals surface area contributed by atoms with Gasteiger partial charge in [-0.2, -0.15) is 0 Å². The summed E-state index contributed by atoms with van der Waals surface area (Å²) in [6.45, 7) is 11.3. The molecule has 0 spiro atoms. The summed E-state index contributed by atoms with van der Waals surface area (Å²) in [5, 5.41) is 2.37. The van der Waals surface area contributed by atoms with Gasteiger partial charge in [0.2, 0.25) is 0 Å². The number of rotatable bonds is 5. The first-order valence-electron chi connectivity index (χ1n) is 7.31. The summed E-state index contributed by atoms with van der Waals surface area (Å²) < 4.78 is 0. The van der Waals surface area contributed by atoms with Gasteiger partial charge in [0, 0.05) is 5.41 Å². The van der Waals surface area contributed by atoms with Crippen LogP contribution in [0.15, 0.2) is 0 Å². The van der Waals surface area contributed by atoms with Crippen LogP contribution in [0, 0.1) is 22.7 Å². The Labute approximate surface area is 118 Å². The number of ketones is 1. The molecule has 2 N–H and O–H groups in total. The van der Waals surface area contributed by atoms with Gasteiger partial charge < -0.3 is 17.7 Å². The summed E-state index contributed by atoms with van der Waals surface area (Å²) in [4.78, 5) is 12.5. The Morgan fingerprint density at radius 2 is 2.00 bits per heavy atom. The van der Waals surface area contributed by atoms with Crippen LogP contribution in [-0.4, -0.2) is 18.9 Å². The summed E-state index contributed by atoms with van der Waals surface area (Å²) in [6, 6.07) is 0. The van der Waals surface area contributed by atoms with Crippen LogP contribution in [0.2, 0.25) is 0 Å². The van der Waals surface area contributed by atoms with E-state index in [9.17, 15) is 4.79 Å². The molecule has 3 heteroatoms. The Bertz CT molecular complexity index is 316. The van der Waals surface area contributed by atoms with E-state index in [1.807, 2.05) is 0 Å². The number of hydrogen-bond donors (Lipinski definition) is 1. The van der Waals surface area contributed by atoms with Gasteiger partial charge in [-0.1, -0.05) is 34.1 Å². The smallest absolute Gasteiger partial charge is 0.148 e. The van der Waals surface area contributed by atoms with Gasteiger partial charge in [-0.3, -0.25) is 4.79 Å². The molecule has 0 aliphatic heterocycles. The van der Waals surface area contributed by atoms with Gasteiger partial charge in [0.1, 0.15) is 5.78 Å². The van der Waals surface area contributed by atoms with Crippen molar-refractivity contribution in [2.24, 2.45) is 22.7 Å². The SMILES string of the molecule is CCCC[NH2+]CC1C(=O)C2(C)CCC1C2(C)C.[Cl-]. The van der Waals surface area contributed by atoms with Crippen LogP contribution in [0.1, 0.15) is 53.4 Å². The van der Waals surface area contributed by atoms with Crippen molar-refractivity contribution in [3.8, 4) is 0 Å². The van der Waals surface area contributed by atoms with Gasteiger partial charge in [0.15, 0.2) is 0 Å². The van der Waals surface area contributed by atoms with Gasteiger partial charge in [-0.25, -0.2) is 0 Å². The Morgan fingerprint density at radius 3 is 2.50 bits per heavy atom. The van der Waals surface area contributed by atoms with Gasteiger partial charge in [-0.05, 0) is 30.6 Å². The number of carbonyl (C=O) groups is 1. The third-order valence-corrected chi connectivity index (χ3v) is 5.85. The molecular formula is C15H28ClNO. The van der Waals surface area contributed by atoms with E-state index in [0.29, 0.717) is 17.6 Å². The monoisotopic (exact) mass is 273 g/mol. The van der Waals surface area contributed by atoms with E-state index in [-0.39, 0.29) is 23.2 Å². The van der Waals surface area contributed by atoms with E-state index in [4.69, 9.17) is 0 Å². The predicted molar refractivity (Wildman–Crippen MR) is 69.7 cm³/mol. The fourth-order valence-corrected chi connectivity index (χ4v) is 4.19. The molecule has 3 unspecified atom stereocenters. The van der Waals surface area contributed by atoms with Crippen molar-refractivity contribution in [2.75, 3.05) is 13.1 Å². The molecule has 0 saturated heterocycles. The molecule has 0 aromatic rings. The highest BCUT2D eigenvalue weighted by molar-refractivity contribution is 5.91. The minimum absolute atomic E-state index is 0. The first kappa shape index (κ1) is 16.0. The molecule has 2 rings (SSSR count). The molecule has 2 saturated carbocycles. The van der Waals surface area contributed by atoms with E-state index >= 15 is 0 Å². The predicted octanol–water partition coefficient (Wildman–Crippen LogP) is -1.00. The maximum Gasteiger partial charge on any atom is 0.148 e. The van der Waals surface area contributed by atoms with E-state index < -0.39 is 0 Å². The van der Waals surface area contributed by atoms with Crippen LogP contribution in [0.3, 0.4) is 0 Å². The Morgan fingerprint density at radius 1 is 1.33 bits per heavy atom. The highest BCUT2D eigenvalue weighted by atomic mass is 35.5. The van der Waals surface area contributed by atoms with E-state index in [0.717, 1.165) is 13.0 Å². The molecule has 0 heterocycles. The van der Waals surface area contributed by atoms with E-state index in [1.54, 1.807) is 0 Å². The molecular weight excluding hydrogens is 246 g/mol. The molecule has 3 atom stereocenters. The zero-order valence-corrected chi connectivity index (χ0v) is 13.0. The highest BCUT2D eigenvalue weighted by Gasteiger charge is 2.66. The van der Waals surface area contributed by atoms with Crippen molar-refractivity contribution >= 4 is 5.78 Å². The number of halogens is 1.